The van der Waals surface area contributed by atoms with Crippen molar-refractivity contribution >= 4 is 22.6 Å². The molecule has 0 radical (unpaired) electrons. The van der Waals surface area contributed by atoms with E-state index in [0.29, 0.717) is 6.61 Å². The van der Waals surface area contributed by atoms with Crippen molar-refractivity contribution < 1.29 is 9.47 Å². The minimum absolute atomic E-state index is 0.426. The summed E-state index contributed by atoms with van der Waals surface area (Å²) in [5.74, 6) is 4.44. The van der Waals surface area contributed by atoms with E-state index in [9.17, 15) is 0 Å². The second-order valence-corrected chi connectivity index (χ2v) is 2.77. The maximum Gasteiger partial charge on any atom is 0.149 e. The van der Waals surface area contributed by atoms with Crippen molar-refractivity contribution in [2.45, 2.75) is 0 Å². The number of hydrogen-bond donors (Lipinski definition) is 0. The van der Waals surface area contributed by atoms with Crippen LogP contribution in [0.1, 0.15) is 0 Å². The quantitative estimate of drug-likeness (QED) is 0.628. The second-order valence-electron chi connectivity index (χ2n) is 2.24. The fourth-order valence-corrected chi connectivity index (χ4v) is 0.974. The molecular weight excluding hydrogens is 279 g/mol. The Morgan fingerprint density at radius 1 is 1.23 bits per heavy atom. The van der Waals surface area contributed by atoms with Gasteiger partial charge in [-0.1, -0.05) is 5.92 Å². The van der Waals surface area contributed by atoms with Gasteiger partial charge in [0.05, 0.1) is 7.11 Å². The third-order valence-electron chi connectivity index (χ3n) is 1.44. The number of halogens is 1. The molecule has 0 aliphatic carbocycles. The van der Waals surface area contributed by atoms with Crippen molar-refractivity contribution in [2.75, 3.05) is 13.7 Å². The molecule has 0 N–H and O–H groups in total. The van der Waals surface area contributed by atoms with Crippen molar-refractivity contribution in [3.63, 3.8) is 0 Å². The first-order chi connectivity index (χ1) is 6.36. The van der Waals surface area contributed by atoms with E-state index in [1.54, 1.807) is 7.11 Å². The molecule has 2 nitrogen and oxygen atoms in total. The molecule has 68 valence electrons. The van der Waals surface area contributed by atoms with E-state index in [1.165, 1.54) is 0 Å². The number of ether oxygens (including phenoxy) is 2. The molecule has 0 fully saturated rings. The van der Waals surface area contributed by atoms with E-state index in [1.807, 2.05) is 46.9 Å². The number of hydrogen-bond acceptors (Lipinski definition) is 2. The van der Waals surface area contributed by atoms with Crippen LogP contribution >= 0.6 is 22.6 Å². The van der Waals surface area contributed by atoms with Gasteiger partial charge in [0.25, 0.3) is 0 Å². The van der Waals surface area contributed by atoms with Gasteiger partial charge in [0.1, 0.15) is 18.1 Å². The Hall–Kier alpha value is -0.890. The molecule has 1 aromatic rings. The zero-order valence-electron chi connectivity index (χ0n) is 7.21. The highest BCUT2D eigenvalue weighted by molar-refractivity contribution is 14.1. The molecule has 1 rings (SSSR count). The molecular formula is C10H9IO2. The minimum Gasteiger partial charge on any atom is -0.497 e. The Kier molecular flexibility index (Phi) is 4.47. The largest absolute Gasteiger partial charge is 0.497 e. The van der Waals surface area contributed by atoms with Crippen molar-refractivity contribution in [3.8, 4) is 21.3 Å². The number of methoxy groups -OCH3 is 1. The molecule has 3 heteroatoms. The highest BCUT2D eigenvalue weighted by Crippen LogP contribution is 2.16. The fraction of sp³-hybridized carbons (Fsp3) is 0.200. The van der Waals surface area contributed by atoms with Gasteiger partial charge >= 0.3 is 0 Å². The number of rotatable bonds is 3. The van der Waals surface area contributed by atoms with Crippen LogP contribution in [0, 0.1) is 9.85 Å². The van der Waals surface area contributed by atoms with E-state index >= 15 is 0 Å². The minimum atomic E-state index is 0.426. The summed E-state index contributed by atoms with van der Waals surface area (Å²) in [5.41, 5.74) is 0. The highest BCUT2D eigenvalue weighted by Gasteiger charge is 1.92. The van der Waals surface area contributed by atoms with Crippen molar-refractivity contribution in [3.05, 3.63) is 24.3 Å². The van der Waals surface area contributed by atoms with Gasteiger partial charge in [-0.3, -0.25) is 0 Å². The van der Waals surface area contributed by atoms with Crippen LogP contribution in [0.3, 0.4) is 0 Å². The average Bonchev–Trinajstić information content (AvgIpc) is 2.19. The van der Waals surface area contributed by atoms with Gasteiger partial charge < -0.3 is 9.47 Å². The van der Waals surface area contributed by atoms with Gasteiger partial charge in [-0.2, -0.15) is 0 Å². The molecule has 0 amide bonds. The maximum atomic E-state index is 5.31. The van der Waals surface area contributed by atoms with Gasteiger partial charge in [-0.15, -0.1) is 0 Å². The summed E-state index contributed by atoms with van der Waals surface area (Å²) >= 11 is 1.98. The van der Waals surface area contributed by atoms with Gasteiger partial charge in [0.2, 0.25) is 0 Å². The van der Waals surface area contributed by atoms with Crippen LogP contribution in [0.4, 0.5) is 0 Å². The molecule has 0 bridgehead atoms. The highest BCUT2D eigenvalue weighted by atomic mass is 127. The second kappa shape index (κ2) is 5.70. The maximum absolute atomic E-state index is 5.31. The molecule has 0 unspecified atom stereocenters. The molecule has 13 heavy (non-hydrogen) atoms. The molecule has 0 aromatic heterocycles. The normalized spacial score (nSPS) is 8.46. The van der Waals surface area contributed by atoms with E-state index in [-0.39, 0.29) is 0 Å². The lowest BCUT2D eigenvalue weighted by Crippen LogP contribution is -1.93. The van der Waals surface area contributed by atoms with Crippen LogP contribution in [-0.2, 0) is 0 Å². The standard InChI is InChI=1S/C10H9IO2/c1-12-9-3-5-10(6-4-9)13-8-2-7-11/h3-6H,8H2,1H3. The Morgan fingerprint density at radius 3 is 2.38 bits per heavy atom. The number of benzene rings is 1. The van der Waals surface area contributed by atoms with Crippen LogP contribution < -0.4 is 9.47 Å². The third-order valence-corrected chi connectivity index (χ3v) is 1.82. The first-order valence-electron chi connectivity index (χ1n) is 3.72. The van der Waals surface area contributed by atoms with Crippen LogP contribution in [0.25, 0.3) is 0 Å². The molecule has 1 aromatic carbocycles. The molecule has 0 aliphatic rings. The SMILES string of the molecule is COc1ccc(OCC#CI)cc1. The summed E-state index contributed by atoms with van der Waals surface area (Å²) in [6, 6.07) is 7.42. The molecule has 0 aliphatic heterocycles. The van der Waals surface area contributed by atoms with Crippen molar-refractivity contribution in [1.29, 1.82) is 0 Å². The molecule has 0 spiro atoms. The summed E-state index contributed by atoms with van der Waals surface area (Å²) in [6.45, 7) is 0.426. The van der Waals surface area contributed by atoms with E-state index in [2.05, 4.69) is 9.85 Å². The zero-order valence-corrected chi connectivity index (χ0v) is 9.37. The Bertz CT molecular complexity index is 308. The van der Waals surface area contributed by atoms with Crippen molar-refractivity contribution in [2.24, 2.45) is 0 Å². The van der Waals surface area contributed by atoms with Crippen LogP contribution in [0.15, 0.2) is 24.3 Å². The first kappa shape index (κ1) is 10.2. The van der Waals surface area contributed by atoms with Gasteiger partial charge in [-0.25, -0.2) is 0 Å². The lowest BCUT2D eigenvalue weighted by atomic mass is 10.3. The molecule has 0 saturated carbocycles. The summed E-state index contributed by atoms with van der Waals surface area (Å²) in [5, 5.41) is 0. The van der Waals surface area contributed by atoms with E-state index in [0.717, 1.165) is 11.5 Å². The predicted molar refractivity (Wildman–Crippen MR) is 60.3 cm³/mol. The molecule has 0 atom stereocenters. The van der Waals surface area contributed by atoms with E-state index < -0.39 is 0 Å². The summed E-state index contributed by atoms with van der Waals surface area (Å²) in [4.78, 5) is 0. The monoisotopic (exact) mass is 288 g/mol. The van der Waals surface area contributed by atoms with Crippen LogP contribution in [0.2, 0.25) is 0 Å². The fourth-order valence-electron chi connectivity index (χ4n) is 0.819. The Morgan fingerprint density at radius 2 is 1.85 bits per heavy atom. The lowest BCUT2D eigenvalue weighted by molar-refractivity contribution is 0.368. The average molecular weight is 288 g/mol. The smallest absolute Gasteiger partial charge is 0.149 e. The summed E-state index contributed by atoms with van der Waals surface area (Å²) < 4.78 is 13.1. The lowest BCUT2D eigenvalue weighted by Gasteiger charge is -2.02. The summed E-state index contributed by atoms with van der Waals surface area (Å²) in [7, 11) is 1.64. The van der Waals surface area contributed by atoms with Crippen LogP contribution in [0.5, 0.6) is 11.5 Å². The van der Waals surface area contributed by atoms with Gasteiger partial charge in [-0.05, 0) is 28.2 Å². The topological polar surface area (TPSA) is 18.5 Å². The van der Waals surface area contributed by atoms with E-state index in [4.69, 9.17) is 9.47 Å². The third kappa shape index (κ3) is 3.55. The van der Waals surface area contributed by atoms with Gasteiger partial charge in [0.15, 0.2) is 0 Å². The first-order valence-corrected chi connectivity index (χ1v) is 4.80. The molecule has 0 saturated heterocycles. The Labute approximate surface area is 91.4 Å². The predicted octanol–water partition coefficient (Wildman–Crippen LogP) is 2.47. The van der Waals surface area contributed by atoms with Gasteiger partial charge in [0, 0.05) is 22.6 Å². The van der Waals surface area contributed by atoms with Crippen LogP contribution in [-0.4, -0.2) is 13.7 Å². The summed E-state index contributed by atoms with van der Waals surface area (Å²) in [6.07, 6.45) is 0. The Balaban J connectivity index is 2.52. The van der Waals surface area contributed by atoms with Crippen molar-refractivity contribution in [1.82, 2.24) is 0 Å². The zero-order chi connectivity index (χ0) is 9.52. The molecule has 0 heterocycles.